The standard InChI is InChI=1S/C46H54N8.C42H46N8.C11H16O3S.CH2O3.2K.HNO2.Na.H/c1-31(2)27-51(37-15-11-9-12-16-37)39-23-19-35(20-24-39)41-43-45(49-53(47-43)29-33(5)6)42(46-44(41)48-54(50-46)30-34(7)8)36-21-25-40(26-22-36)52(28-32(3)4)38-17-13-10-14-18-38;1-28(2)25-48(33-13-9-7-10-14-33)35-21-17-31(18-22-35)37-39-40(44-47-43-39)38(42-41(37)45-50(46-42)27-30(5)6)32-19-23-36(24-20-32)49(26-29(3)4)34-15-11-8-12-16-34;1-9(2)8-14-15(12,13)11-6-4-10(3)5-7-11;2-1-4-3;;;2-1-3;;/h9-26,31-34H,27-30H2,1-8H3;7-24,28-30H,25-27H2,1-6H3,(H,43,44,47);4-7,9H,8H2,1-3H3;1,3H;;;(H,2,3);;/q;;;;2*+1;;+1;-1/p-2. The Hall–Kier alpha value is -8.77. The van der Waals surface area contributed by atoms with Gasteiger partial charge in [0.1, 0.15) is 22.1 Å². The van der Waals surface area contributed by atoms with Crippen molar-refractivity contribution < 1.29 is 171 Å². The fraction of sp³-hybridized carbons (Fsp3) is 0.330. The van der Waals surface area contributed by atoms with Crippen molar-refractivity contribution in [3.05, 3.63) is 258 Å². The molecule has 0 saturated carbocycles. The fourth-order valence-corrected chi connectivity index (χ4v) is 16.0. The number of aromatic nitrogens is 12. The monoisotopic (exact) mass is 1820 g/mol. The van der Waals surface area contributed by atoms with E-state index in [0.717, 1.165) is 148 Å². The van der Waals surface area contributed by atoms with Crippen LogP contribution in [0.2, 0.25) is 0 Å². The molecule has 0 radical (unpaired) electrons. The number of benzene rings is 11. The third-order valence-corrected chi connectivity index (χ3v) is 21.5. The van der Waals surface area contributed by atoms with Gasteiger partial charge in [-0.25, -0.2) is 0 Å². The molecule has 0 aliphatic carbocycles. The molecule has 4 aromatic heterocycles. The number of hydrogen-bond donors (Lipinski definition) is 1. The summed E-state index contributed by atoms with van der Waals surface area (Å²) in [6, 6.07) is 84.3. The van der Waals surface area contributed by atoms with Crippen LogP contribution in [0.25, 0.3) is 88.6 Å². The molecule has 0 unspecified atom stereocenters. The first-order chi connectivity index (χ1) is 60.6. The van der Waals surface area contributed by atoms with Gasteiger partial charge in [0.25, 0.3) is 16.6 Å². The number of fused-ring (bicyclic) bond motifs is 4. The molecule has 29 heteroatoms. The van der Waals surface area contributed by atoms with Crippen LogP contribution >= 0.6 is 0 Å². The van der Waals surface area contributed by atoms with Crippen molar-refractivity contribution >= 4 is 106 Å². The molecule has 0 amide bonds. The predicted molar refractivity (Wildman–Crippen MR) is 505 cm³/mol. The number of anilines is 8. The van der Waals surface area contributed by atoms with Crippen LogP contribution in [0.4, 0.5) is 45.5 Å². The van der Waals surface area contributed by atoms with Crippen molar-refractivity contribution in [2.45, 2.75) is 142 Å². The summed E-state index contributed by atoms with van der Waals surface area (Å²) in [6.45, 7) is 42.8. The van der Waals surface area contributed by atoms with Crippen LogP contribution in [-0.2, 0) is 43.6 Å². The van der Waals surface area contributed by atoms with E-state index in [-0.39, 0.29) is 158 Å². The molecule has 0 aliphatic heterocycles. The van der Waals surface area contributed by atoms with E-state index in [0.29, 0.717) is 61.1 Å². The minimum Gasteiger partial charge on any atom is -1.00 e. The zero-order chi connectivity index (χ0) is 90.3. The number of rotatable bonds is 31. The molecular formula is C100H118K2N17NaO8S. The summed E-state index contributed by atoms with van der Waals surface area (Å²) in [6.07, 6.45) is 0. The van der Waals surface area contributed by atoms with Crippen LogP contribution in [0, 0.1) is 64.4 Å². The molecule has 0 saturated heterocycles. The SMILES string of the molecule is CC(C)CN(c1ccccc1)c1ccc(-c2c3n[nH]nc3c(-c3ccc(N(CC(C)C)c4ccccc4)cc3)c3[n-][n+](CC(C)C)nc23)cc1.CC(C)CN(c1ccccc1)c1ccc(-c2c3nn(CC(C)C)nc3c(-c3ccc(N(CC(C)C)c4ccccc4)cc3)c3[n-][n+](CC(C)C)nc23)cc1.Cc1ccc(S(=O)(=O)OCC(C)C)cc1.O=CO[O-].O=N[O-].[H-].[K+].[K+].[Na+]. The van der Waals surface area contributed by atoms with Gasteiger partial charge in [0.05, 0.1) is 18.0 Å². The van der Waals surface area contributed by atoms with E-state index >= 15 is 0 Å². The van der Waals surface area contributed by atoms with Gasteiger partial charge in [0, 0.05) is 128 Å². The van der Waals surface area contributed by atoms with Gasteiger partial charge in [-0.2, -0.15) is 68.8 Å². The summed E-state index contributed by atoms with van der Waals surface area (Å²) < 4.78 is 28.1. The Morgan fingerprint density at radius 1 is 0.419 bits per heavy atom. The van der Waals surface area contributed by atoms with Gasteiger partial charge in [-0.15, -0.1) is 5.34 Å². The summed E-state index contributed by atoms with van der Waals surface area (Å²) in [5.74, 6) is 3.34. The molecule has 0 spiro atoms. The molecule has 11 aromatic carbocycles. The van der Waals surface area contributed by atoms with E-state index < -0.39 is 10.1 Å². The van der Waals surface area contributed by atoms with E-state index in [9.17, 15) is 8.42 Å². The second-order valence-electron chi connectivity index (χ2n) is 34.8. The van der Waals surface area contributed by atoms with Crippen LogP contribution in [0.5, 0.6) is 0 Å². The average molecular weight is 1820 g/mol. The van der Waals surface area contributed by atoms with Gasteiger partial charge < -0.3 is 41.3 Å². The maximum atomic E-state index is 11.6. The number of para-hydroxylation sites is 4. The molecule has 15 aromatic rings. The quantitative estimate of drug-likeness (QED) is 0.00803. The summed E-state index contributed by atoms with van der Waals surface area (Å²) in [5, 5.41) is 60.9. The van der Waals surface area contributed by atoms with Gasteiger partial charge in [-0.3, -0.25) is 8.98 Å². The second kappa shape index (κ2) is 50.7. The van der Waals surface area contributed by atoms with Gasteiger partial charge in [-0.05, 0) is 174 Å². The zero-order valence-corrected chi connectivity index (χ0v) is 87.3. The molecular weight excluding hydrogens is 1700 g/mol. The molecule has 0 atom stereocenters. The fourth-order valence-electron chi connectivity index (χ4n) is 15.0. The summed E-state index contributed by atoms with van der Waals surface area (Å²) in [7, 11) is -3.57. The van der Waals surface area contributed by atoms with E-state index in [1.807, 2.05) is 35.2 Å². The van der Waals surface area contributed by atoms with Crippen LogP contribution in [0.15, 0.2) is 253 Å². The van der Waals surface area contributed by atoms with E-state index in [1.54, 1.807) is 24.3 Å². The predicted octanol–water partition coefficient (Wildman–Crippen LogP) is 12.0. The number of carbonyl (C=O) groups is 1. The maximum Gasteiger partial charge on any atom is 1.00 e. The first-order valence-corrected chi connectivity index (χ1v) is 44.6. The number of hydrogen-bond acceptors (Lipinski definition) is 19. The van der Waals surface area contributed by atoms with Gasteiger partial charge in [-0.1, -0.05) is 250 Å². The first-order valence-electron chi connectivity index (χ1n) is 43.2. The van der Waals surface area contributed by atoms with Crippen LogP contribution in [0.3, 0.4) is 0 Å². The van der Waals surface area contributed by atoms with Crippen molar-refractivity contribution in [2.24, 2.45) is 52.7 Å². The largest absolute Gasteiger partial charge is 1.00 e. The minimum atomic E-state index is -3.57. The van der Waals surface area contributed by atoms with E-state index in [4.69, 9.17) is 65.1 Å². The molecule has 15 rings (SSSR count). The Kier molecular flexibility index (Phi) is 41.5. The molecule has 129 heavy (non-hydrogen) atoms. The van der Waals surface area contributed by atoms with Crippen molar-refractivity contribution in [1.82, 2.24) is 50.8 Å². The molecule has 25 nitrogen and oxygen atoms in total. The topological polar surface area (TPSA) is 292 Å². The molecule has 660 valence electrons. The number of nitrogens with zero attached hydrogens (tertiary/aromatic N) is 16. The smallest absolute Gasteiger partial charge is 1.00 e. The third kappa shape index (κ3) is 28.4. The molecule has 1 N–H and O–H groups in total. The van der Waals surface area contributed by atoms with E-state index in [2.05, 4.69) is 345 Å². The number of H-pyrrole nitrogens is 1. The first kappa shape index (κ1) is 106. The molecule has 0 fully saturated rings. The average Bonchev–Trinajstić information content (AvgIpc) is 1.56. The molecule has 4 heterocycles. The Balaban J connectivity index is 0.000000282. The van der Waals surface area contributed by atoms with E-state index in [1.165, 1.54) is 22.7 Å². The van der Waals surface area contributed by atoms with Crippen LogP contribution in [0.1, 0.15) is 118 Å². The van der Waals surface area contributed by atoms with Gasteiger partial charge in [0.15, 0.2) is 13.1 Å². The Morgan fingerprint density at radius 3 is 0.984 bits per heavy atom. The number of carbonyl (C=O) groups excluding carboxylic acids is 1. The van der Waals surface area contributed by atoms with Crippen molar-refractivity contribution in [3.8, 4) is 44.5 Å². The third-order valence-electron chi connectivity index (χ3n) is 20.2. The minimum absolute atomic E-state index is 0. The Bertz CT molecular complexity index is 5710. The summed E-state index contributed by atoms with van der Waals surface area (Å²) in [4.78, 5) is 34.6. The molecule has 0 bridgehead atoms. The molecule has 0 aliphatic rings. The Morgan fingerprint density at radius 2 is 0.698 bits per heavy atom. The normalized spacial score (nSPS) is 11.2. The van der Waals surface area contributed by atoms with Crippen molar-refractivity contribution in [2.75, 3.05) is 52.4 Å². The summed E-state index contributed by atoms with van der Waals surface area (Å²) in [5.41, 5.74) is 24.9. The van der Waals surface area contributed by atoms with Gasteiger partial charge >= 0.3 is 132 Å². The number of aromatic amines is 1. The van der Waals surface area contributed by atoms with Crippen molar-refractivity contribution in [1.29, 1.82) is 0 Å². The maximum absolute atomic E-state index is 11.6. The van der Waals surface area contributed by atoms with Crippen molar-refractivity contribution in [3.63, 3.8) is 0 Å². The zero-order valence-electron chi connectivity index (χ0n) is 79.3. The number of aryl methyl sites for hydroxylation is 1. The van der Waals surface area contributed by atoms with Crippen LogP contribution in [-0.4, -0.2) is 88.3 Å². The Labute approximate surface area is 867 Å². The second-order valence-corrected chi connectivity index (χ2v) is 36.4. The summed E-state index contributed by atoms with van der Waals surface area (Å²) >= 11 is 0. The van der Waals surface area contributed by atoms with Gasteiger partial charge in [0.2, 0.25) is 0 Å². The number of nitrogens with one attached hydrogen (secondary N) is 1. The van der Waals surface area contributed by atoms with Crippen LogP contribution < -0.4 is 177 Å².